The molecule has 18 nitrogen and oxygen atoms in total. The van der Waals surface area contributed by atoms with Crippen LogP contribution in [0.15, 0.2) is 146 Å². The summed E-state index contributed by atoms with van der Waals surface area (Å²) >= 11 is 0. The van der Waals surface area contributed by atoms with Crippen LogP contribution in [0, 0.1) is 0 Å². The van der Waals surface area contributed by atoms with Gasteiger partial charge in [0.15, 0.2) is 18.3 Å². The van der Waals surface area contributed by atoms with Crippen molar-refractivity contribution >= 4 is 52.7 Å². The smallest absolute Gasteiger partial charge is 0.307 e. The molecule has 6 aromatic rings. The molecule has 0 aromatic heterocycles. The summed E-state index contributed by atoms with van der Waals surface area (Å²) < 4.78 is 35.3. The van der Waals surface area contributed by atoms with Gasteiger partial charge in [-0.1, -0.05) is 170 Å². The highest BCUT2D eigenvalue weighted by Gasteiger charge is 2.37. The standard InChI is InChI=1S/3C24H29NO5/c3*1-2-3-4-9-15-25-19-11-6-8-13-21(19)30-22(24(25)28)14-16-29-20-12-7-5-10-18(20)17-23(26)27/h3*5-8,10-13,22H,2-4,9,14-17H2,1H3,(H,26,27)/t2*22-;/m10./s1. The van der Waals surface area contributed by atoms with Crippen molar-refractivity contribution in [2.75, 3.05) is 54.2 Å². The molecule has 18 heteroatoms. The molecule has 0 fully saturated rings. The zero-order valence-corrected chi connectivity index (χ0v) is 52.1. The summed E-state index contributed by atoms with van der Waals surface area (Å²) in [6, 6.07) is 44.1. The van der Waals surface area contributed by atoms with Crippen LogP contribution in [0.5, 0.6) is 34.5 Å². The average molecular weight is 1230 g/mol. The van der Waals surface area contributed by atoms with Crippen LogP contribution in [0.3, 0.4) is 0 Å². The molecule has 0 saturated carbocycles. The van der Waals surface area contributed by atoms with Crippen LogP contribution in [0.4, 0.5) is 17.1 Å². The number of anilines is 3. The Labute approximate surface area is 528 Å². The van der Waals surface area contributed by atoms with Crippen molar-refractivity contribution in [1.82, 2.24) is 0 Å². The van der Waals surface area contributed by atoms with E-state index in [-0.39, 0.29) is 56.8 Å². The minimum absolute atomic E-state index is 0.0485. The van der Waals surface area contributed by atoms with Gasteiger partial charge in [-0.05, 0) is 73.9 Å². The van der Waals surface area contributed by atoms with Gasteiger partial charge >= 0.3 is 17.9 Å². The summed E-state index contributed by atoms with van der Waals surface area (Å²) in [5.74, 6) is 0.843. The lowest BCUT2D eigenvalue weighted by atomic mass is 10.1. The van der Waals surface area contributed by atoms with Crippen LogP contribution in [0.1, 0.15) is 134 Å². The number of hydrogen-bond acceptors (Lipinski definition) is 12. The molecule has 0 saturated heterocycles. The van der Waals surface area contributed by atoms with E-state index < -0.39 is 36.2 Å². The number of rotatable bonds is 33. The highest BCUT2D eigenvalue weighted by Crippen LogP contribution is 2.38. The maximum Gasteiger partial charge on any atom is 0.307 e. The number of aliphatic carboxylic acids is 3. The van der Waals surface area contributed by atoms with Gasteiger partial charge in [-0.15, -0.1) is 0 Å². The van der Waals surface area contributed by atoms with Crippen molar-refractivity contribution in [2.24, 2.45) is 0 Å². The predicted octanol–water partition coefficient (Wildman–Crippen LogP) is 13.4. The summed E-state index contributed by atoms with van der Waals surface area (Å²) in [4.78, 5) is 77.8. The Kier molecular flexibility index (Phi) is 27.7. The number of nitrogens with zero attached hydrogens (tertiary/aromatic N) is 3. The summed E-state index contributed by atoms with van der Waals surface area (Å²) in [5, 5.41) is 27.2. The fraction of sp³-hybridized carbons (Fsp3) is 0.417. The summed E-state index contributed by atoms with van der Waals surface area (Å²) in [6.45, 7) is 9.32. The van der Waals surface area contributed by atoms with Crippen molar-refractivity contribution in [2.45, 2.75) is 155 Å². The van der Waals surface area contributed by atoms with Crippen LogP contribution in [0.2, 0.25) is 0 Å². The topological polar surface area (TPSA) is 228 Å². The van der Waals surface area contributed by atoms with Gasteiger partial charge in [0.05, 0.1) is 56.1 Å². The molecular formula is C72H87N3O15. The number of benzene rings is 6. The molecule has 3 heterocycles. The highest BCUT2D eigenvalue weighted by atomic mass is 16.5. The number of carbonyl (C=O) groups is 6. The number of carboxylic acid groups (broad SMARTS) is 3. The van der Waals surface area contributed by atoms with Gasteiger partial charge in [0.1, 0.15) is 34.5 Å². The Morgan fingerprint density at radius 3 is 0.889 bits per heavy atom. The number of fused-ring (bicyclic) bond motifs is 3. The average Bonchev–Trinajstić information content (AvgIpc) is 1.01. The second-order valence-corrected chi connectivity index (χ2v) is 22.3. The molecule has 480 valence electrons. The fourth-order valence-corrected chi connectivity index (χ4v) is 10.8. The van der Waals surface area contributed by atoms with Crippen molar-refractivity contribution in [3.05, 3.63) is 162 Å². The Morgan fingerprint density at radius 2 is 0.622 bits per heavy atom. The third kappa shape index (κ3) is 20.5. The molecule has 0 aliphatic carbocycles. The third-order valence-electron chi connectivity index (χ3n) is 15.5. The first-order valence-corrected chi connectivity index (χ1v) is 31.8. The van der Waals surface area contributed by atoms with Crippen LogP contribution in [-0.2, 0) is 48.0 Å². The van der Waals surface area contributed by atoms with Crippen LogP contribution < -0.4 is 43.1 Å². The van der Waals surface area contributed by atoms with Gasteiger partial charge in [-0.2, -0.15) is 0 Å². The summed E-state index contributed by atoms with van der Waals surface area (Å²) in [7, 11) is 0. The number of para-hydroxylation sites is 9. The molecular weight excluding hydrogens is 1150 g/mol. The zero-order valence-electron chi connectivity index (χ0n) is 52.1. The first-order valence-electron chi connectivity index (χ1n) is 31.8. The number of carbonyl (C=O) groups excluding carboxylic acids is 3. The molecule has 6 aromatic carbocycles. The van der Waals surface area contributed by atoms with Crippen LogP contribution in [0.25, 0.3) is 0 Å². The van der Waals surface area contributed by atoms with E-state index >= 15 is 0 Å². The maximum atomic E-state index is 13.1. The van der Waals surface area contributed by atoms with E-state index in [0.717, 1.165) is 94.1 Å². The molecule has 0 spiro atoms. The minimum atomic E-state index is -0.910. The summed E-state index contributed by atoms with van der Waals surface area (Å²) in [5.41, 5.74) is 4.31. The lowest BCUT2D eigenvalue weighted by molar-refractivity contribution is -0.137. The molecule has 3 amide bonds. The molecule has 9 rings (SSSR count). The van der Waals surface area contributed by atoms with E-state index in [1.54, 1.807) is 72.8 Å². The Bertz CT molecular complexity index is 2940. The maximum absolute atomic E-state index is 13.1. The van der Waals surface area contributed by atoms with Crippen molar-refractivity contribution in [3.8, 4) is 34.5 Å². The van der Waals surface area contributed by atoms with Gasteiger partial charge in [-0.25, -0.2) is 0 Å². The number of unbranched alkanes of at least 4 members (excludes halogenated alkanes) is 9. The highest BCUT2D eigenvalue weighted by molar-refractivity contribution is 6.01. The van der Waals surface area contributed by atoms with E-state index in [1.807, 2.05) is 87.5 Å². The van der Waals surface area contributed by atoms with Gasteiger partial charge < -0.3 is 58.4 Å². The Balaban J connectivity index is 0.000000192. The van der Waals surface area contributed by atoms with E-state index in [4.69, 9.17) is 43.7 Å². The van der Waals surface area contributed by atoms with Gasteiger partial charge in [0.2, 0.25) is 0 Å². The van der Waals surface area contributed by atoms with E-state index in [1.165, 1.54) is 0 Å². The minimum Gasteiger partial charge on any atom is -0.493 e. The van der Waals surface area contributed by atoms with Gasteiger partial charge in [-0.3, -0.25) is 28.8 Å². The molecule has 0 bridgehead atoms. The van der Waals surface area contributed by atoms with Gasteiger partial charge in [0, 0.05) is 55.6 Å². The number of ether oxygens (including phenoxy) is 6. The van der Waals surface area contributed by atoms with Crippen molar-refractivity contribution in [1.29, 1.82) is 0 Å². The largest absolute Gasteiger partial charge is 0.493 e. The quantitative estimate of drug-likeness (QED) is 0.0326. The van der Waals surface area contributed by atoms with Crippen LogP contribution >= 0.6 is 0 Å². The number of amides is 3. The van der Waals surface area contributed by atoms with E-state index in [0.29, 0.717) is 90.1 Å². The first-order chi connectivity index (χ1) is 43.8. The first kappa shape index (κ1) is 68.4. The van der Waals surface area contributed by atoms with E-state index in [9.17, 15) is 28.8 Å². The van der Waals surface area contributed by atoms with E-state index in [2.05, 4.69) is 20.8 Å². The molecule has 3 aliphatic heterocycles. The SMILES string of the molecule is CCCCCCN1C(=O)C(CCOc2ccccc2CC(=O)O)Oc2ccccc21.CCCCCCN1C(=O)[C@@H](CCOc2ccccc2CC(=O)O)Oc2ccccc21.CCCCCCN1C(=O)[C@H](CCOc2ccccc2CC(=O)O)Oc2ccccc21. The second kappa shape index (κ2) is 36.4. The third-order valence-corrected chi connectivity index (χ3v) is 15.5. The Hall–Kier alpha value is -9.06. The number of hydrogen-bond donors (Lipinski definition) is 3. The van der Waals surface area contributed by atoms with Crippen molar-refractivity contribution < 1.29 is 72.5 Å². The zero-order chi connectivity index (χ0) is 64.0. The van der Waals surface area contributed by atoms with Crippen molar-refractivity contribution in [3.63, 3.8) is 0 Å². The molecule has 3 aliphatic rings. The fourth-order valence-electron chi connectivity index (χ4n) is 10.8. The molecule has 90 heavy (non-hydrogen) atoms. The molecule has 3 atom stereocenters. The molecule has 0 radical (unpaired) electrons. The number of carboxylic acids is 3. The Morgan fingerprint density at radius 1 is 0.367 bits per heavy atom. The molecule has 1 unspecified atom stereocenters. The molecule has 3 N–H and O–H groups in total. The predicted molar refractivity (Wildman–Crippen MR) is 346 cm³/mol. The van der Waals surface area contributed by atoms with Crippen LogP contribution in [-0.4, -0.2) is 109 Å². The lowest BCUT2D eigenvalue weighted by Gasteiger charge is -2.34. The second-order valence-electron chi connectivity index (χ2n) is 22.3. The normalized spacial score (nSPS) is 15.4. The lowest BCUT2D eigenvalue weighted by Crippen LogP contribution is -2.47. The monoisotopic (exact) mass is 1230 g/mol. The summed E-state index contributed by atoms with van der Waals surface area (Å²) in [6.07, 6.45) is 12.1. The van der Waals surface area contributed by atoms with Gasteiger partial charge in [0.25, 0.3) is 17.7 Å².